The molecule has 0 aliphatic carbocycles. The molecule has 0 aromatic heterocycles. The number of ether oxygens (including phenoxy) is 2. The second kappa shape index (κ2) is 12.2. The fraction of sp³-hybridized carbons (Fsp3) is 0.156. The molecule has 4 aromatic carbocycles. The SMILES string of the molecule is CCOc1ccc(N2N=C(C(=O)c3ccccc3)[N+](c3ccc(OCC)cc3)=NC2C(=O)c2ccccc2)cc1. The van der Waals surface area contributed by atoms with Crippen molar-refractivity contribution in [1.29, 1.82) is 0 Å². The van der Waals surface area contributed by atoms with Crippen LogP contribution in [0, 0.1) is 0 Å². The quantitative estimate of drug-likeness (QED) is 0.172. The Bertz CT molecular complexity index is 1530. The molecule has 8 heteroatoms. The van der Waals surface area contributed by atoms with E-state index in [-0.39, 0.29) is 17.4 Å². The molecule has 0 amide bonds. The predicted octanol–water partition coefficient (Wildman–Crippen LogP) is 6.51. The van der Waals surface area contributed by atoms with Gasteiger partial charge in [0.25, 0.3) is 11.9 Å². The average Bonchev–Trinajstić information content (AvgIpc) is 3.02. The predicted molar refractivity (Wildman–Crippen MR) is 153 cm³/mol. The summed E-state index contributed by atoms with van der Waals surface area (Å²) in [4.78, 5) is 27.7. The normalized spacial score (nSPS) is 14.7. The van der Waals surface area contributed by atoms with Gasteiger partial charge in [0.1, 0.15) is 11.5 Å². The van der Waals surface area contributed by atoms with Gasteiger partial charge in [-0.1, -0.05) is 70.5 Å². The molecule has 40 heavy (non-hydrogen) atoms. The van der Waals surface area contributed by atoms with Crippen LogP contribution in [0.1, 0.15) is 34.6 Å². The smallest absolute Gasteiger partial charge is 0.421 e. The number of carbonyl (C=O) groups excluding carboxylic acids is 2. The molecule has 0 bridgehead atoms. The second-order valence-corrected chi connectivity index (χ2v) is 8.85. The third-order valence-corrected chi connectivity index (χ3v) is 6.20. The highest BCUT2D eigenvalue weighted by Crippen LogP contribution is 2.30. The molecule has 1 heterocycles. The summed E-state index contributed by atoms with van der Waals surface area (Å²) in [7, 11) is 0. The lowest BCUT2D eigenvalue weighted by molar-refractivity contribution is -0.396. The minimum absolute atomic E-state index is 0.0568. The van der Waals surface area contributed by atoms with Crippen LogP contribution >= 0.6 is 0 Å². The first-order valence-corrected chi connectivity index (χ1v) is 13.1. The van der Waals surface area contributed by atoms with Crippen LogP contribution in [0.5, 0.6) is 11.5 Å². The van der Waals surface area contributed by atoms with Gasteiger partial charge in [-0.2, -0.15) is 0 Å². The Hall–Kier alpha value is -5.11. The third-order valence-electron chi connectivity index (χ3n) is 6.20. The van der Waals surface area contributed by atoms with Crippen LogP contribution in [-0.2, 0) is 0 Å². The van der Waals surface area contributed by atoms with Crippen LogP contribution in [-0.4, -0.2) is 41.5 Å². The molecule has 4 aromatic rings. The first-order chi connectivity index (χ1) is 19.6. The van der Waals surface area contributed by atoms with Crippen LogP contribution in [0.2, 0.25) is 0 Å². The number of carbonyl (C=O) groups is 2. The number of benzene rings is 4. The molecule has 1 atom stereocenters. The van der Waals surface area contributed by atoms with Gasteiger partial charge >= 0.3 is 5.84 Å². The van der Waals surface area contributed by atoms with E-state index in [1.807, 2.05) is 26.0 Å². The number of nitrogens with zero attached hydrogens (tertiary/aromatic N) is 4. The molecule has 1 aliphatic rings. The van der Waals surface area contributed by atoms with Crippen molar-refractivity contribution in [3.05, 3.63) is 120 Å². The Morgan fingerprint density at radius 3 is 1.80 bits per heavy atom. The Morgan fingerprint density at radius 2 is 1.25 bits per heavy atom. The highest BCUT2D eigenvalue weighted by atomic mass is 16.5. The number of hydrogen-bond acceptors (Lipinski definition) is 7. The van der Waals surface area contributed by atoms with E-state index in [9.17, 15) is 9.59 Å². The Kier molecular flexibility index (Phi) is 8.06. The fourth-order valence-electron chi connectivity index (χ4n) is 4.29. The van der Waals surface area contributed by atoms with Crippen molar-refractivity contribution < 1.29 is 23.8 Å². The van der Waals surface area contributed by atoms with Gasteiger partial charge in [-0.05, 0) is 62.4 Å². The highest BCUT2D eigenvalue weighted by Gasteiger charge is 2.43. The zero-order valence-electron chi connectivity index (χ0n) is 22.3. The van der Waals surface area contributed by atoms with Gasteiger partial charge in [-0.3, -0.25) is 9.59 Å². The van der Waals surface area contributed by atoms with Gasteiger partial charge in [-0.15, -0.1) is 5.01 Å². The average molecular weight is 534 g/mol. The van der Waals surface area contributed by atoms with E-state index >= 15 is 0 Å². The van der Waals surface area contributed by atoms with Crippen LogP contribution in [0.25, 0.3) is 0 Å². The first kappa shape index (κ1) is 26.5. The van der Waals surface area contributed by atoms with E-state index in [2.05, 4.69) is 0 Å². The number of hydrogen-bond donors (Lipinski definition) is 0. The summed E-state index contributed by atoms with van der Waals surface area (Å²) >= 11 is 0. The molecular formula is C32H29N4O4+. The third kappa shape index (κ3) is 5.66. The number of amidine groups is 1. The summed E-state index contributed by atoms with van der Waals surface area (Å²) in [6.45, 7) is 4.87. The summed E-state index contributed by atoms with van der Waals surface area (Å²) in [5.74, 6) is 0.831. The lowest BCUT2D eigenvalue weighted by Gasteiger charge is -2.24. The molecule has 0 spiro atoms. The van der Waals surface area contributed by atoms with E-state index in [1.165, 1.54) is 9.71 Å². The summed E-state index contributed by atoms with van der Waals surface area (Å²) in [5.41, 5.74) is 2.09. The number of Topliss-reactive ketones (excluding diaryl/α,β-unsaturated/α-hetero) is 2. The van der Waals surface area contributed by atoms with E-state index < -0.39 is 6.17 Å². The molecule has 5 rings (SSSR count). The number of ketones is 2. The zero-order chi connectivity index (χ0) is 27.9. The van der Waals surface area contributed by atoms with Crippen molar-refractivity contribution in [2.24, 2.45) is 10.2 Å². The van der Waals surface area contributed by atoms with Crippen molar-refractivity contribution in [2.75, 3.05) is 18.2 Å². The number of azo groups is 2. The maximum atomic E-state index is 13.9. The molecular weight excluding hydrogens is 504 g/mol. The number of rotatable bonds is 10. The van der Waals surface area contributed by atoms with Crippen LogP contribution < -0.4 is 14.5 Å². The zero-order valence-corrected chi connectivity index (χ0v) is 22.3. The monoisotopic (exact) mass is 533 g/mol. The molecule has 0 radical (unpaired) electrons. The summed E-state index contributed by atoms with van der Waals surface area (Å²) in [6.07, 6.45) is -1.07. The first-order valence-electron chi connectivity index (χ1n) is 13.1. The molecule has 200 valence electrons. The lowest BCUT2D eigenvalue weighted by Crippen LogP contribution is -2.44. The van der Waals surface area contributed by atoms with Gasteiger partial charge in [0.2, 0.25) is 5.78 Å². The van der Waals surface area contributed by atoms with E-state index in [0.29, 0.717) is 47.2 Å². The maximum Gasteiger partial charge on any atom is 0.421 e. The Morgan fingerprint density at radius 1 is 0.725 bits per heavy atom. The minimum Gasteiger partial charge on any atom is -0.494 e. The van der Waals surface area contributed by atoms with E-state index in [4.69, 9.17) is 19.7 Å². The van der Waals surface area contributed by atoms with E-state index in [0.717, 1.165) is 0 Å². The van der Waals surface area contributed by atoms with Crippen molar-refractivity contribution in [2.45, 2.75) is 20.0 Å². The van der Waals surface area contributed by atoms with Gasteiger partial charge in [-0.25, -0.2) is 0 Å². The molecule has 0 saturated carbocycles. The largest absolute Gasteiger partial charge is 0.494 e. The second-order valence-electron chi connectivity index (χ2n) is 8.85. The van der Waals surface area contributed by atoms with Gasteiger partial charge < -0.3 is 9.47 Å². The summed E-state index contributed by atoms with van der Waals surface area (Å²) in [5, 5.41) is 11.1. The highest BCUT2D eigenvalue weighted by molar-refractivity contribution is 6.42. The Labute approximate surface area is 232 Å². The molecule has 1 aliphatic heterocycles. The summed E-state index contributed by atoms with van der Waals surface area (Å²) in [6, 6.07) is 32.2. The van der Waals surface area contributed by atoms with Crippen LogP contribution in [0.15, 0.2) is 119 Å². The maximum absolute atomic E-state index is 13.9. The fourth-order valence-corrected chi connectivity index (χ4v) is 4.29. The lowest BCUT2D eigenvalue weighted by atomic mass is 10.1. The van der Waals surface area contributed by atoms with Gasteiger partial charge in [0, 0.05) is 11.1 Å². The molecule has 1 unspecified atom stereocenters. The van der Waals surface area contributed by atoms with Gasteiger partial charge in [0.05, 0.1) is 24.0 Å². The van der Waals surface area contributed by atoms with Crippen molar-refractivity contribution in [1.82, 2.24) is 0 Å². The minimum atomic E-state index is -1.07. The van der Waals surface area contributed by atoms with Crippen LogP contribution in [0.4, 0.5) is 11.4 Å². The van der Waals surface area contributed by atoms with Gasteiger partial charge in [0.15, 0.2) is 5.69 Å². The topological polar surface area (TPSA) is 83.6 Å². The standard InChI is InChI=1S/C32H29N4O4/c1-3-39-27-19-15-25(16-20-27)35-31(29(37)23-11-7-5-8-12-23)34-36(26-17-21-28(22-18-26)40-4-2)32(33-35)30(38)24-13-9-6-10-14-24/h5-22,31H,3-4H2,1-2H3/q+1. The van der Waals surface area contributed by atoms with Crippen molar-refractivity contribution in [3.63, 3.8) is 0 Å². The molecule has 0 saturated heterocycles. The molecule has 0 N–H and O–H groups in total. The van der Waals surface area contributed by atoms with Crippen LogP contribution in [0.3, 0.4) is 0 Å². The number of anilines is 1. The Balaban J connectivity index is 1.65. The van der Waals surface area contributed by atoms with E-state index in [1.54, 1.807) is 97.1 Å². The van der Waals surface area contributed by atoms with Crippen molar-refractivity contribution in [3.8, 4) is 11.5 Å². The van der Waals surface area contributed by atoms with Crippen molar-refractivity contribution >= 4 is 28.8 Å². The number of hydrazone groups is 1. The molecule has 8 nitrogen and oxygen atoms in total. The molecule has 0 fully saturated rings. The summed E-state index contributed by atoms with van der Waals surface area (Å²) < 4.78 is 12.6.